The molecule has 0 atom stereocenters. The summed E-state index contributed by atoms with van der Waals surface area (Å²) in [5.41, 5.74) is 3.57. The maximum Gasteiger partial charge on any atom is 0.305 e. The van der Waals surface area contributed by atoms with Gasteiger partial charge in [0, 0.05) is 11.8 Å². The van der Waals surface area contributed by atoms with Crippen molar-refractivity contribution in [1.82, 2.24) is 0 Å². The largest absolute Gasteiger partial charge is 0.466 e. The summed E-state index contributed by atoms with van der Waals surface area (Å²) >= 11 is 0. The van der Waals surface area contributed by atoms with E-state index in [0.717, 1.165) is 19.3 Å². The predicted molar refractivity (Wildman–Crippen MR) is 123 cm³/mol. The Morgan fingerprint density at radius 2 is 1.23 bits per heavy atom. The smallest absolute Gasteiger partial charge is 0.305 e. The highest BCUT2D eigenvalue weighted by molar-refractivity contribution is 5.69. The third-order valence-electron chi connectivity index (χ3n) is 5.45. The van der Waals surface area contributed by atoms with Gasteiger partial charge in [0.05, 0.1) is 6.61 Å². The van der Waals surface area contributed by atoms with Gasteiger partial charge in [-0.1, -0.05) is 103 Å². The molecule has 0 aliphatic heterocycles. The van der Waals surface area contributed by atoms with Crippen molar-refractivity contribution < 1.29 is 9.53 Å². The Morgan fingerprint density at radius 1 is 0.767 bits per heavy atom. The molecule has 2 heteroatoms. The number of benzene rings is 3. The minimum atomic E-state index is -0.262. The van der Waals surface area contributed by atoms with Gasteiger partial charge in [-0.05, 0) is 42.9 Å². The summed E-state index contributed by atoms with van der Waals surface area (Å²) in [6.07, 6.45) is 7.46. The molecule has 0 saturated heterocycles. The average Bonchev–Trinajstić information content (AvgIpc) is 2.81. The van der Waals surface area contributed by atoms with Crippen molar-refractivity contribution in [3.05, 3.63) is 120 Å². The fraction of sp³-hybridized carbons (Fsp3) is 0.250. The number of carbonyl (C=O) groups excluding carboxylic acids is 1. The minimum Gasteiger partial charge on any atom is -0.466 e. The van der Waals surface area contributed by atoms with Crippen molar-refractivity contribution in [1.29, 1.82) is 0 Å². The molecule has 0 aromatic heterocycles. The van der Waals surface area contributed by atoms with Crippen LogP contribution in [0.25, 0.3) is 0 Å². The van der Waals surface area contributed by atoms with Gasteiger partial charge >= 0.3 is 5.97 Å². The zero-order valence-corrected chi connectivity index (χ0v) is 17.7. The molecule has 0 unspecified atom stereocenters. The molecular formula is C28H30O2. The van der Waals surface area contributed by atoms with Crippen LogP contribution < -0.4 is 0 Å². The number of unbranched alkanes of at least 4 members (excludes halogenated alkanes) is 1. The van der Waals surface area contributed by atoms with E-state index in [0.29, 0.717) is 13.0 Å². The van der Waals surface area contributed by atoms with Crippen molar-refractivity contribution in [3.8, 4) is 0 Å². The summed E-state index contributed by atoms with van der Waals surface area (Å²) in [5.74, 6) is -0.113. The molecule has 3 aromatic rings. The number of carbonyl (C=O) groups is 1. The molecule has 0 radical (unpaired) electrons. The van der Waals surface area contributed by atoms with Crippen LogP contribution in [0.5, 0.6) is 0 Å². The first-order chi connectivity index (χ1) is 14.8. The molecule has 0 N–H and O–H groups in total. The maximum absolute atomic E-state index is 11.5. The normalized spacial score (nSPS) is 11.5. The van der Waals surface area contributed by atoms with E-state index in [2.05, 4.69) is 103 Å². The average molecular weight is 399 g/mol. The van der Waals surface area contributed by atoms with Crippen LogP contribution in [0, 0.1) is 0 Å². The van der Waals surface area contributed by atoms with Gasteiger partial charge in [-0.25, -0.2) is 0 Å². The van der Waals surface area contributed by atoms with Gasteiger partial charge in [0.1, 0.15) is 0 Å². The second-order valence-electron chi connectivity index (χ2n) is 7.38. The monoisotopic (exact) mass is 398 g/mol. The highest BCUT2D eigenvalue weighted by Gasteiger charge is 2.34. The summed E-state index contributed by atoms with van der Waals surface area (Å²) in [6.45, 7) is 2.29. The van der Waals surface area contributed by atoms with Crippen LogP contribution in [0.2, 0.25) is 0 Å². The lowest BCUT2D eigenvalue weighted by Gasteiger charge is -2.35. The third-order valence-corrected chi connectivity index (χ3v) is 5.45. The first kappa shape index (κ1) is 21.6. The lowest BCUT2D eigenvalue weighted by atomic mass is 9.67. The molecule has 0 heterocycles. The molecule has 154 valence electrons. The van der Waals surface area contributed by atoms with E-state index in [1.165, 1.54) is 16.7 Å². The number of hydrogen-bond donors (Lipinski definition) is 0. The van der Waals surface area contributed by atoms with Crippen LogP contribution in [0.3, 0.4) is 0 Å². The van der Waals surface area contributed by atoms with Gasteiger partial charge < -0.3 is 4.74 Å². The van der Waals surface area contributed by atoms with Gasteiger partial charge in [0.15, 0.2) is 0 Å². The molecule has 3 rings (SSSR count). The highest BCUT2D eigenvalue weighted by Crippen LogP contribution is 2.42. The Hall–Kier alpha value is -3.13. The molecule has 2 nitrogen and oxygen atoms in total. The molecular weight excluding hydrogens is 368 g/mol. The number of ether oxygens (including phenoxy) is 1. The van der Waals surface area contributed by atoms with Gasteiger partial charge in [0.25, 0.3) is 0 Å². The molecule has 3 aromatic carbocycles. The van der Waals surface area contributed by atoms with Crippen LogP contribution >= 0.6 is 0 Å². The molecule has 0 bridgehead atoms. The first-order valence-electron chi connectivity index (χ1n) is 10.7. The first-order valence-corrected chi connectivity index (χ1v) is 10.7. The Bertz CT molecular complexity index is 818. The third kappa shape index (κ3) is 5.27. The van der Waals surface area contributed by atoms with E-state index in [1.807, 2.05) is 6.92 Å². The van der Waals surface area contributed by atoms with Gasteiger partial charge in [-0.2, -0.15) is 0 Å². The molecule has 0 amide bonds. The minimum absolute atomic E-state index is 0.113. The number of esters is 1. The van der Waals surface area contributed by atoms with Crippen molar-refractivity contribution in [2.45, 2.75) is 38.0 Å². The summed E-state index contributed by atoms with van der Waals surface area (Å²) in [4.78, 5) is 11.5. The number of allylic oxidation sites excluding steroid dienone is 2. The Morgan fingerprint density at radius 3 is 1.67 bits per heavy atom. The van der Waals surface area contributed by atoms with Crippen molar-refractivity contribution in [2.75, 3.05) is 6.61 Å². The van der Waals surface area contributed by atoms with Gasteiger partial charge in [0.2, 0.25) is 0 Å². The maximum atomic E-state index is 11.5. The summed E-state index contributed by atoms with van der Waals surface area (Å²) in [6, 6.07) is 32.2. The Kier molecular flexibility index (Phi) is 8.02. The van der Waals surface area contributed by atoms with Crippen LogP contribution in [-0.2, 0) is 14.9 Å². The quantitative estimate of drug-likeness (QED) is 0.164. The van der Waals surface area contributed by atoms with Crippen molar-refractivity contribution in [2.24, 2.45) is 0 Å². The standard InChI is InChI=1S/C28H30O2/c1-2-30-27(29)22-14-3-4-15-23-28(24-16-8-5-9-17-24,25-18-10-6-11-19-25)26-20-12-7-13-21-26/h4-13,15-21H,2-3,14,22-23H2,1H3/b15-4+. The van der Waals surface area contributed by atoms with Gasteiger partial charge in [-0.3, -0.25) is 4.79 Å². The Balaban J connectivity index is 1.90. The molecule has 0 aliphatic rings. The molecule has 0 fully saturated rings. The van der Waals surface area contributed by atoms with Crippen LogP contribution in [-0.4, -0.2) is 12.6 Å². The van der Waals surface area contributed by atoms with E-state index >= 15 is 0 Å². The second kappa shape index (κ2) is 11.2. The number of hydrogen-bond acceptors (Lipinski definition) is 2. The SMILES string of the molecule is CCOC(=O)CCC/C=C/CC(c1ccccc1)(c1ccccc1)c1ccccc1. The highest BCUT2D eigenvalue weighted by atomic mass is 16.5. The van der Waals surface area contributed by atoms with Gasteiger partial charge in [-0.15, -0.1) is 0 Å². The van der Waals surface area contributed by atoms with E-state index in [9.17, 15) is 4.79 Å². The second-order valence-corrected chi connectivity index (χ2v) is 7.38. The molecule has 0 aliphatic carbocycles. The zero-order valence-electron chi connectivity index (χ0n) is 17.7. The Labute approximate surface area is 180 Å². The van der Waals surface area contributed by atoms with Crippen LogP contribution in [0.4, 0.5) is 0 Å². The zero-order chi connectivity index (χ0) is 21.1. The topological polar surface area (TPSA) is 26.3 Å². The fourth-order valence-corrected chi connectivity index (χ4v) is 4.00. The predicted octanol–water partition coefficient (Wildman–Crippen LogP) is 6.70. The van der Waals surface area contributed by atoms with Crippen molar-refractivity contribution >= 4 is 5.97 Å². The van der Waals surface area contributed by atoms with Crippen molar-refractivity contribution in [3.63, 3.8) is 0 Å². The summed E-state index contributed by atoms with van der Waals surface area (Å²) in [5, 5.41) is 0. The summed E-state index contributed by atoms with van der Waals surface area (Å²) < 4.78 is 5.01. The lowest BCUT2D eigenvalue weighted by Crippen LogP contribution is -2.28. The molecule has 0 spiro atoms. The molecule has 30 heavy (non-hydrogen) atoms. The van der Waals surface area contributed by atoms with E-state index in [1.54, 1.807) is 0 Å². The van der Waals surface area contributed by atoms with E-state index < -0.39 is 0 Å². The number of rotatable bonds is 10. The summed E-state index contributed by atoms with van der Waals surface area (Å²) in [7, 11) is 0. The van der Waals surface area contributed by atoms with E-state index in [4.69, 9.17) is 4.74 Å². The van der Waals surface area contributed by atoms with Crippen LogP contribution in [0.15, 0.2) is 103 Å². The van der Waals surface area contributed by atoms with E-state index in [-0.39, 0.29) is 11.4 Å². The van der Waals surface area contributed by atoms with Crippen LogP contribution in [0.1, 0.15) is 49.3 Å². The molecule has 0 saturated carbocycles. The lowest BCUT2D eigenvalue weighted by molar-refractivity contribution is -0.143. The fourth-order valence-electron chi connectivity index (χ4n) is 4.00.